The number of aryl methyl sites for hydroxylation is 1. The number of fused-ring (bicyclic) bond motifs is 1. The molecule has 1 heterocycles. The topological polar surface area (TPSA) is 105 Å². The Labute approximate surface area is 105 Å². The highest BCUT2D eigenvalue weighted by Crippen LogP contribution is 2.32. The van der Waals surface area contributed by atoms with Crippen molar-refractivity contribution in [3.05, 3.63) is 27.3 Å². The Hall–Kier alpha value is -2.22. The third kappa shape index (κ3) is 2.38. The number of carboxylic acids is 1. The van der Waals surface area contributed by atoms with Crippen LogP contribution in [-0.2, 0) is 4.79 Å². The maximum atomic E-state index is 10.9. The minimum Gasteiger partial charge on any atom is -0.480 e. The molecule has 0 saturated heterocycles. The molecule has 0 fully saturated rings. The standard InChI is InChI=1S/C10H9N3O4S/c1-5-12-7-2-6(11-4-10(14)15)8(13(16)17)3-9(7)18-5/h2-3,11H,4H2,1H3,(H,14,15). The summed E-state index contributed by atoms with van der Waals surface area (Å²) in [4.78, 5) is 25.1. The van der Waals surface area contributed by atoms with E-state index in [0.717, 1.165) is 5.01 Å². The van der Waals surface area contributed by atoms with Crippen LogP contribution in [0.5, 0.6) is 0 Å². The van der Waals surface area contributed by atoms with Crippen molar-refractivity contribution >= 4 is 38.9 Å². The molecule has 0 radical (unpaired) electrons. The molecule has 2 rings (SSSR count). The van der Waals surface area contributed by atoms with E-state index in [1.165, 1.54) is 23.5 Å². The lowest BCUT2D eigenvalue weighted by Gasteiger charge is -2.04. The van der Waals surface area contributed by atoms with Crippen molar-refractivity contribution < 1.29 is 14.8 Å². The highest BCUT2D eigenvalue weighted by atomic mass is 32.1. The minimum atomic E-state index is -1.08. The SMILES string of the molecule is Cc1nc2cc(NCC(=O)O)c([N+](=O)[O-])cc2s1. The van der Waals surface area contributed by atoms with E-state index in [2.05, 4.69) is 10.3 Å². The molecule has 0 saturated carbocycles. The second kappa shape index (κ2) is 4.57. The van der Waals surface area contributed by atoms with Crippen LogP contribution in [0.25, 0.3) is 10.2 Å². The molecule has 18 heavy (non-hydrogen) atoms. The molecule has 94 valence electrons. The molecule has 2 N–H and O–H groups in total. The molecule has 7 nitrogen and oxygen atoms in total. The molecule has 0 atom stereocenters. The van der Waals surface area contributed by atoms with Gasteiger partial charge in [0.25, 0.3) is 5.69 Å². The fraction of sp³-hybridized carbons (Fsp3) is 0.200. The zero-order valence-electron chi connectivity index (χ0n) is 9.34. The molecule has 1 aromatic carbocycles. The van der Waals surface area contributed by atoms with Crippen LogP contribution in [0.1, 0.15) is 5.01 Å². The summed E-state index contributed by atoms with van der Waals surface area (Å²) in [5.41, 5.74) is 0.642. The van der Waals surface area contributed by atoms with Gasteiger partial charge in [0.1, 0.15) is 12.2 Å². The molecule has 2 aromatic rings. The number of nitro groups is 1. The number of carboxylic acid groups (broad SMARTS) is 1. The highest BCUT2D eigenvalue weighted by molar-refractivity contribution is 7.18. The smallest absolute Gasteiger partial charge is 0.322 e. The van der Waals surface area contributed by atoms with Gasteiger partial charge in [-0.1, -0.05) is 0 Å². The van der Waals surface area contributed by atoms with Gasteiger partial charge >= 0.3 is 5.97 Å². The van der Waals surface area contributed by atoms with E-state index >= 15 is 0 Å². The van der Waals surface area contributed by atoms with Crippen LogP contribution in [0.3, 0.4) is 0 Å². The molecule has 0 amide bonds. The van der Waals surface area contributed by atoms with Gasteiger partial charge in [-0.25, -0.2) is 4.98 Å². The first-order valence-corrected chi connectivity index (χ1v) is 5.80. The van der Waals surface area contributed by atoms with E-state index in [-0.39, 0.29) is 17.9 Å². The number of anilines is 1. The van der Waals surface area contributed by atoms with E-state index in [4.69, 9.17) is 5.11 Å². The van der Waals surface area contributed by atoms with Gasteiger partial charge in [0.15, 0.2) is 0 Å². The monoisotopic (exact) mass is 267 g/mol. The molecule has 0 aliphatic heterocycles. The van der Waals surface area contributed by atoms with Crippen LogP contribution in [-0.4, -0.2) is 27.5 Å². The van der Waals surface area contributed by atoms with Crippen molar-refractivity contribution in [1.29, 1.82) is 0 Å². The number of rotatable bonds is 4. The summed E-state index contributed by atoms with van der Waals surface area (Å²) in [6.07, 6.45) is 0. The molecule has 8 heteroatoms. The Morgan fingerprint density at radius 2 is 2.33 bits per heavy atom. The summed E-state index contributed by atoms with van der Waals surface area (Å²) in [6, 6.07) is 2.91. The third-order valence-corrected chi connectivity index (χ3v) is 3.17. The lowest BCUT2D eigenvalue weighted by molar-refractivity contribution is -0.383. The number of thiazole rings is 1. The molecular weight excluding hydrogens is 258 g/mol. The number of nitro benzene ring substituents is 1. The van der Waals surface area contributed by atoms with Crippen molar-refractivity contribution in [2.45, 2.75) is 6.92 Å². The molecule has 0 aliphatic carbocycles. The van der Waals surface area contributed by atoms with E-state index in [0.29, 0.717) is 10.2 Å². The zero-order valence-corrected chi connectivity index (χ0v) is 10.2. The lowest BCUT2D eigenvalue weighted by Crippen LogP contribution is -2.13. The first-order valence-electron chi connectivity index (χ1n) is 4.98. The summed E-state index contributed by atoms with van der Waals surface area (Å²) in [7, 11) is 0. The molecule has 0 bridgehead atoms. The lowest BCUT2D eigenvalue weighted by atomic mass is 10.2. The number of nitrogens with zero attached hydrogens (tertiary/aromatic N) is 2. The van der Waals surface area contributed by atoms with Crippen molar-refractivity contribution in [2.75, 3.05) is 11.9 Å². The highest BCUT2D eigenvalue weighted by Gasteiger charge is 2.17. The van der Waals surface area contributed by atoms with Crippen molar-refractivity contribution in [3.8, 4) is 0 Å². The van der Waals surface area contributed by atoms with Crippen LogP contribution >= 0.6 is 11.3 Å². The fourth-order valence-corrected chi connectivity index (χ4v) is 2.38. The van der Waals surface area contributed by atoms with Crippen LogP contribution in [0.4, 0.5) is 11.4 Å². The van der Waals surface area contributed by atoms with Crippen molar-refractivity contribution in [3.63, 3.8) is 0 Å². The van der Waals surface area contributed by atoms with Crippen LogP contribution in [0.2, 0.25) is 0 Å². The number of hydrogen-bond acceptors (Lipinski definition) is 6. The average molecular weight is 267 g/mol. The van der Waals surface area contributed by atoms with E-state index in [1.54, 1.807) is 6.92 Å². The largest absolute Gasteiger partial charge is 0.480 e. The van der Waals surface area contributed by atoms with Crippen LogP contribution in [0.15, 0.2) is 12.1 Å². The summed E-state index contributed by atoms with van der Waals surface area (Å²) in [5, 5.41) is 22.8. The number of carbonyl (C=O) groups is 1. The second-order valence-electron chi connectivity index (χ2n) is 3.57. The number of aromatic nitrogens is 1. The molecule has 1 aromatic heterocycles. The predicted octanol–water partition coefficient (Wildman–Crippen LogP) is 2.01. The maximum Gasteiger partial charge on any atom is 0.322 e. The molecule has 0 spiro atoms. The maximum absolute atomic E-state index is 10.9. The Bertz CT molecular complexity index is 637. The van der Waals surface area contributed by atoms with Crippen LogP contribution in [0, 0.1) is 17.0 Å². The Balaban J connectivity index is 2.50. The predicted molar refractivity (Wildman–Crippen MR) is 67.1 cm³/mol. The minimum absolute atomic E-state index is 0.146. The van der Waals surface area contributed by atoms with Gasteiger partial charge in [0.2, 0.25) is 0 Å². The summed E-state index contributed by atoms with van der Waals surface area (Å²) in [6.45, 7) is 1.43. The normalized spacial score (nSPS) is 10.5. The van der Waals surface area contributed by atoms with E-state index < -0.39 is 10.9 Å². The number of nitrogens with one attached hydrogen (secondary N) is 1. The Morgan fingerprint density at radius 3 is 2.94 bits per heavy atom. The molecule has 0 unspecified atom stereocenters. The van der Waals surface area contributed by atoms with Gasteiger partial charge in [-0.3, -0.25) is 14.9 Å². The first kappa shape index (κ1) is 12.2. The Kier molecular flexibility index (Phi) is 3.11. The summed E-state index contributed by atoms with van der Waals surface area (Å²) < 4.78 is 0.708. The van der Waals surface area contributed by atoms with Crippen molar-refractivity contribution in [2.24, 2.45) is 0 Å². The van der Waals surface area contributed by atoms with E-state index in [9.17, 15) is 14.9 Å². The van der Waals surface area contributed by atoms with Crippen molar-refractivity contribution in [1.82, 2.24) is 4.98 Å². The van der Waals surface area contributed by atoms with Gasteiger partial charge < -0.3 is 10.4 Å². The molecule has 0 aliphatic rings. The van der Waals surface area contributed by atoms with Gasteiger partial charge in [-0.05, 0) is 13.0 Å². The van der Waals surface area contributed by atoms with Crippen LogP contribution < -0.4 is 5.32 Å². The third-order valence-electron chi connectivity index (χ3n) is 2.24. The first-order chi connectivity index (χ1) is 8.47. The fourth-order valence-electron chi connectivity index (χ4n) is 1.54. The summed E-state index contributed by atoms with van der Waals surface area (Å²) >= 11 is 1.36. The quantitative estimate of drug-likeness (QED) is 0.648. The van der Waals surface area contributed by atoms with E-state index in [1.807, 2.05) is 0 Å². The number of hydrogen-bond donors (Lipinski definition) is 2. The number of aliphatic carboxylic acids is 1. The summed E-state index contributed by atoms with van der Waals surface area (Å²) in [5.74, 6) is -1.08. The number of benzene rings is 1. The van der Waals surface area contributed by atoms with Gasteiger partial charge in [-0.2, -0.15) is 0 Å². The Morgan fingerprint density at radius 1 is 1.61 bits per heavy atom. The molecular formula is C10H9N3O4S. The van der Waals surface area contributed by atoms with Gasteiger partial charge in [0, 0.05) is 6.07 Å². The van der Waals surface area contributed by atoms with Gasteiger partial charge in [0.05, 0.1) is 20.1 Å². The average Bonchev–Trinajstić information content (AvgIpc) is 2.63. The van der Waals surface area contributed by atoms with Gasteiger partial charge in [-0.15, -0.1) is 11.3 Å². The second-order valence-corrected chi connectivity index (χ2v) is 4.81. The zero-order chi connectivity index (χ0) is 13.3.